The molecule has 0 aliphatic carbocycles. The van der Waals surface area contributed by atoms with Crippen LogP contribution in [-0.4, -0.2) is 21.7 Å². The summed E-state index contributed by atoms with van der Waals surface area (Å²) in [6.45, 7) is 0. The molecule has 0 N–H and O–H groups in total. The Morgan fingerprint density at radius 2 is 2.25 bits per heavy atom. The van der Waals surface area contributed by atoms with Gasteiger partial charge in [-0.2, -0.15) is 0 Å². The lowest BCUT2D eigenvalue weighted by atomic mass is 10.5. The van der Waals surface area contributed by atoms with Gasteiger partial charge in [-0.1, -0.05) is 5.10 Å². The lowest BCUT2D eigenvalue weighted by Gasteiger charge is -1.96. The summed E-state index contributed by atoms with van der Waals surface area (Å²) in [5, 5.41) is 7.72. The number of fused-ring (bicyclic) bond motifs is 1. The summed E-state index contributed by atoms with van der Waals surface area (Å²) in [5.41, 5.74) is 0.773. The molecule has 0 unspecified atom stereocenters. The van der Waals surface area contributed by atoms with Gasteiger partial charge in [-0.05, 0) is 28.1 Å². The number of rotatable bonds is 1. The number of aromatic nitrogens is 3. The Bertz CT molecular complexity index is 412. The van der Waals surface area contributed by atoms with Crippen LogP contribution >= 0.6 is 15.9 Å². The molecule has 62 valence electrons. The van der Waals surface area contributed by atoms with E-state index < -0.39 is 0 Å². The highest BCUT2D eigenvalue weighted by Gasteiger charge is 2.03. The van der Waals surface area contributed by atoms with Crippen LogP contribution in [0.15, 0.2) is 22.8 Å². The minimum Gasteiger partial charge on any atom is -0.467 e. The van der Waals surface area contributed by atoms with E-state index >= 15 is 0 Å². The van der Waals surface area contributed by atoms with Crippen LogP contribution in [0.5, 0.6) is 6.01 Å². The van der Waals surface area contributed by atoms with Gasteiger partial charge in [-0.3, -0.25) is 4.40 Å². The van der Waals surface area contributed by atoms with E-state index in [2.05, 4.69) is 26.1 Å². The maximum Gasteiger partial charge on any atom is 0.321 e. The fourth-order valence-electron chi connectivity index (χ4n) is 0.983. The summed E-state index contributed by atoms with van der Waals surface area (Å²) in [7, 11) is 1.57. The van der Waals surface area contributed by atoms with E-state index in [1.807, 2.05) is 18.3 Å². The fraction of sp³-hybridized carbons (Fsp3) is 0.143. The Morgan fingerprint density at radius 1 is 1.42 bits per heavy atom. The zero-order valence-corrected chi connectivity index (χ0v) is 7.95. The first kappa shape index (κ1) is 7.54. The van der Waals surface area contributed by atoms with E-state index in [0.717, 1.165) is 10.1 Å². The molecule has 0 spiro atoms. The number of pyridine rings is 1. The summed E-state index contributed by atoms with van der Waals surface area (Å²) >= 11 is 3.35. The molecule has 2 rings (SSSR count). The summed E-state index contributed by atoms with van der Waals surface area (Å²) in [6, 6.07) is 4.26. The molecule has 2 heterocycles. The van der Waals surface area contributed by atoms with Crippen LogP contribution < -0.4 is 4.74 Å². The third kappa shape index (κ3) is 1.06. The average Bonchev–Trinajstić information content (AvgIpc) is 2.46. The van der Waals surface area contributed by atoms with Crippen LogP contribution in [-0.2, 0) is 0 Å². The minimum absolute atomic E-state index is 0.492. The SMILES string of the molecule is COc1nnc2ccc(Br)cn12. The van der Waals surface area contributed by atoms with Crippen molar-refractivity contribution in [2.24, 2.45) is 0 Å². The van der Waals surface area contributed by atoms with Crippen molar-refractivity contribution >= 4 is 21.6 Å². The molecule has 0 bridgehead atoms. The maximum absolute atomic E-state index is 4.99. The maximum atomic E-state index is 4.99. The standard InChI is InChI=1S/C7H6BrN3O/c1-12-7-10-9-6-3-2-5(8)4-11(6)7/h2-4H,1H3. The molecule has 0 aromatic carbocycles. The first-order chi connectivity index (χ1) is 5.81. The van der Waals surface area contributed by atoms with Crippen molar-refractivity contribution in [2.75, 3.05) is 7.11 Å². The summed E-state index contributed by atoms with van der Waals surface area (Å²) in [5.74, 6) is 0. The molecule has 0 radical (unpaired) electrons. The molecular weight excluding hydrogens is 222 g/mol. The van der Waals surface area contributed by atoms with Crippen LogP contribution in [0.2, 0.25) is 0 Å². The van der Waals surface area contributed by atoms with E-state index in [-0.39, 0.29) is 0 Å². The topological polar surface area (TPSA) is 39.4 Å². The van der Waals surface area contributed by atoms with E-state index in [9.17, 15) is 0 Å². The average molecular weight is 228 g/mol. The first-order valence-corrected chi connectivity index (χ1v) is 4.15. The first-order valence-electron chi connectivity index (χ1n) is 3.35. The molecular formula is C7H6BrN3O. The van der Waals surface area contributed by atoms with Gasteiger partial charge in [0.15, 0.2) is 5.65 Å². The van der Waals surface area contributed by atoms with Gasteiger partial charge >= 0.3 is 6.01 Å². The number of methoxy groups -OCH3 is 1. The summed E-state index contributed by atoms with van der Waals surface area (Å²) in [4.78, 5) is 0. The Labute approximate surface area is 77.3 Å². The second kappa shape index (κ2) is 2.75. The van der Waals surface area contributed by atoms with Gasteiger partial charge in [0, 0.05) is 10.7 Å². The second-order valence-electron chi connectivity index (χ2n) is 2.26. The smallest absolute Gasteiger partial charge is 0.321 e. The zero-order chi connectivity index (χ0) is 8.55. The molecule has 0 amide bonds. The number of nitrogens with zero attached hydrogens (tertiary/aromatic N) is 3. The molecule has 0 aliphatic heterocycles. The van der Waals surface area contributed by atoms with Crippen molar-refractivity contribution in [1.29, 1.82) is 0 Å². The van der Waals surface area contributed by atoms with Gasteiger partial charge in [-0.15, -0.1) is 5.10 Å². The van der Waals surface area contributed by atoms with Crippen molar-refractivity contribution in [3.05, 3.63) is 22.8 Å². The van der Waals surface area contributed by atoms with Crippen LogP contribution in [0.3, 0.4) is 0 Å². The molecule has 2 aromatic heterocycles. The van der Waals surface area contributed by atoms with Gasteiger partial charge in [0.2, 0.25) is 0 Å². The minimum atomic E-state index is 0.492. The van der Waals surface area contributed by atoms with Crippen LogP contribution in [0.4, 0.5) is 0 Å². The summed E-state index contributed by atoms with van der Waals surface area (Å²) < 4.78 is 7.72. The molecule has 0 atom stereocenters. The van der Waals surface area contributed by atoms with Crippen molar-refractivity contribution in [3.63, 3.8) is 0 Å². The third-order valence-corrected chi connectivity index (χ3v) is 1.99. The van der Waals surface area contributed by atoms with Crippen molar-refractivity contribution < 1.29 is 4.74 Å². The number of hydrogen-bond donors (Lipinski definition) is 0. The van der Waals surface area contributed by atoms with Crippen LogP contribution in [0.1, 0.15) is 0 Å². The monoisotopic (exact) mass is 227 g/mol. The number of ether oxygens (including phenoxy) is 1. The Balaban J connectivity index is 2.75. The van der Waals surface area contributed by atoms with Gasteiger partial charge in [0.25, 0.3) is 0 Å². The quantitative estimate of drug-likeness (QED) is 0.742. The molecule has 0 saturated heterocycles. The van der Waals surface area contributed by atoms with Gasteiger partial charge in [0.1, 0.15) is 0 Å². The van der Waals surface area contributed by atoms with Gasteiger partial charge in [-0.25, -0.2) is 0 Å². The normalized spacial score (nSPS) is 10.5. The molecule has 12 heavy (non-hydrogen) atoms. The molecule has 5 heteroatoms. The molecule has 4 nitrogen and oxygen atoms in total. The number of halogens is 1. The highest BCUT2D eigenvalue weighted by Crippen LogP contribution is 2.15. The van der Waals surface area contributed by atoms with Gasteiger partial charge in [0.05, 0.1) is 7.11 Å². The molecule has 0 aliphatic rings. The lowest BCUT2D eigenvalue weighted by Crippen LogP contribution is -1.90. The summed E-state index contributed by atoms with van der Waals surface area (Å²) in [6.07, 6.45) is 1.86. The van der Waals surface area contributed by atoms with Crippen LogP contribution in [0, 0.1) is 0 Å². The highest BCUT2D eigenvalue weighted by molar-refractivity contribution is 9.10. The zero-order valence-electron chi connectivity index (χ0n) is 6.36. The predicted molar refractivity (Wildman–Crippen MR) is 47.2 cm³/mol. The van der Waals surface area contributed by atoms with E-state index in [0.29, 0.717) is 6.01 Å². The van der Waals surface area contributed by atoms with Gasteiger partial charge < -0.3 is 4.74 Å². The highest BCUT2D eigenvalue weighted by atomic mass is 79.9. The van der Waals surface area contributed by atoms with Crippen molar-refractivity contribution in [3.8, 4) is 6.01 Å². The number of hydrogen-bond acceptors (Lipinski definition) is 3. The van der Waals surface area contributed by atoms with Crippen LogP contribution in [0.25, 0.3) is 5.65 Å². The Hall–Kier alpha value is -1.10. The molecule has 0 fully saturated rings. The van der Waals surface area contributed by atoms with Crippen molar-refractivity contribution in [1.82, 2.24) is 14.6 Å². The Kier molecular flexibility index (Phi) is 1.73. The Morgan fingerprint density at radius 3 is 3.00 bits per heavy atom. The second-order valence-corrected chi connectivity index (χ2v) is 3.18. The van der Waals surface area contributed by atoms with E-state index in [1.54, 1.807) is 11.5 Å². The molecule has 2 aromatic rings. The van der Waals surface area contributed by atoms with Crippen molar-refractivity contribution in [2.45, 2.75) is 0 Å². The lowest BCUT2D eigenvalue weighted by molar-refractivity contribution is 0.375. The predicted octanol–water partition coefficient (Wildman–Crippen LogP) is 1.50. The molecule has 0 saturated carbocycles. The fourth-order valence-corrected chi connectivity index (χ4v) is 1.32. The third-order valence-electron chi connectivity index (χ3n) is 1.52. The largest absolute Gasteiger partial charge is 0.467 e. The van der Waals surface area contributed by atoms with E-state index in [4.69, 9.17) is 4.74 Å². The van der Waals surface area contributed by atoms with E-state index in [1.165, 1.54) is 0 Å².